The molecule has 1 atom stereocenters. The number of hydrogen-bond donors (Lipinski definition) is 1. The van der Waals surface area contributed by atoms with Crippen LogP contribution in [0.2, 0.25) is 5.02 Å². The third kappa shape index (κ3) is 4.32. The lowest BCUT2D eigenvalue weighted by molar-refractivity contribution is -0.117. The minimum Gasteiger partial charge on any atom is -0.324 e. The smallest absolute Gasteiger partial charge is 0.238 e. The summed E-state index contributed by atoms with van der Waals surface area (Å²) in [4.78, 5) is 19.5. The number of amides is 1. The number of halogens is 1. The summed E-state index contributed by atoms with van der Waals surface area (Å²) in [5, 5.41) is 4.70. The first-order valence-corrected chi connectivity index (χ1v) is 10.4. The molecule has 4 rings (SSSR count). The number of benzene rings is 2. The second kappa shape index (κ2) is 7.97. The number of likely N-dealkylation sites (tertiary alicyclic amines) is 1. The number of carbonyl (C=O) groups is 1. The summed E-state index contributed by atoms with van der Waals surface area (Å²) < 4.78 is 1.23. The molecule has 0 unspecified atom stereocenters. The Morgan fingerprint density at radius 2 is 2.19 bits per heavy atom. The molecule has 1 amide bonds. The fourth-order valence-electron chi connectivity index (χ4n) is 3.58. The molecule has 3 aromatic rings. The van der Waals surface area contributed by atoms with E-state index in [1.807, 2.05) is 31.2 Å². The Morgan fingerprint density at radius 1 is 1.33 bits per heavy atom. The van der Waals surface area contributed by atoms with Crippen molar-refractivity contribution in [1.82, 2.24) is 9.88 Å². The van der Waals surface area contributed by atoms with E-state index in [-0.39, 0.29) is 5.91 Å². The molecule has 1 aromatic heterocycles. The standard InChI is InChI=1S/C21H22ClN3OS/c1-14-8-9-17(16(22)11-14)23-20(26)13-25-10-4-5-15(12-25)21-24-18-6-2-3-7-19(18)27-21/h2-3,6-9,11,15H,4-5,10,12-13H2,1H3,(H,23,26)/t15-/m0/s1. The Kier molecular flexibility index (Phi) is 5.43. The van der Waals surface area contributed by atoms with Crippen LogP contribution >= 0.6 is 22.9 Å². The lowest BCUT2D eigenvalue weighted by Gasteiger charge is -2.31. The van der Waals surface area contributed by atoms with Gasteiger partial charge in [0.1, 0.15) is 0 Å². The highest BCUT2D eigenvalue weighted by molar-refractivity contribution is 7.18. The van der Waals surface area contributed by atoms with Gasteiger partial charge in [0.05, 0.1) is 32.5 Å². The number of rotatable bonds is 4. The zero-order valence-corrected chi connectivity index (χ0v) is 16.8. The molecule has 0 bridgehead atoms. The number of carbonyl (C=O) groups excluding carboxylic acids is 1. The van der Waals surface area contributed by atoms with Crippen molar-refractivity contribution in [3.63, 3.8) is 0 Å². The summed E-state index contributed by atoms with van der Waals surface area (Å²) in [6.07, 6.45) is 2.21. The van der Waals surface area contributed by atoms with Crippen LogP contribution < -0.4 is 5.32 Å². The minimum absolute atomic E-state index is 0.0225. The van der Waals surface area contributed by atoms with Crippen LogP contribution in [-0.4, -0.2) is 35.4 Å². The van der Waals surface area contributed by atoms with Crippen molar-refractivity contribution in [2.75, 3.05) is 25.0 Å². The first kappa shape index (κ1) is 18.4. The molecule has 1 saturated heterocycles. The van der Waals surface area contributed by atoms with E-state index in [1.165, 1.54) is 9.71 Å². The van der Waals surface area contributed by atoms with Crippen LogP contribution in [0.1, 0.15) is 29.3 Å². The van der Waals surface area contributed by atoms with Crippen LogP contribution in [0, 0.1) is 6.92 Å². The van der Waals surface area contributed by atoms with Gasteiger partial charge in [-0.25, -0.2) is 4.98 Å². The normalized spacial score (nSPS) is 17.9. The Labute approximate surface area is 168 Å². The Balaban J connectivity index is 1.40. The number of piperidine rings is 1. The van der Waals surface area contributed by atoms with Gasteiger partial charge in [0, 0.05) is 12.5 Å². The zero-order valence-electron chi connectivity index (χ0n) is 15.2. The van der Waals surface area contributed by atoms with E-state index in [0.717, 1.165) is 37.0 Å². The van der Waals surface area contributed by atoms with Gasteiger partial charge in [-0.05, 0) is 56.1 Å². The predicted molar refractivity (Wildman–Crippen MR) is 113 cm³/mol. The highest BCUT2D eigenvalue weighted by Crippen LogP contribution is 2.33. The lowest BCUT2D eigenvalue weighted by atomic mass is 9.99. The summed E-state index contributed by atoms with van der Waals surface area (Å²) in [7, 11) is 0. The molecule has 2 heterocycles. The fraction of sp³-hybridized carbons (Fsp3) is 0.333. The molecule has 0 aliphatic carbocycles. The van der Waals surface area contributed by atoms with E-state index in [2.05, 4.69) is 28.4 Å². The van der Waals surface area contributed by atoms with E-state index < -0.39 is 0 Å². The number of para-hydroxylation sites is 1. The molecule has 1 N–H and O–H groups in total. The maximum atomic E-state index is 12.5. The van der Waals surface area contributed by atoms with Gasteiger partial charge in [-0.2, -0.15) is 0 Å². The van der Waals surface area contributed by atoms with E-state index >= 15 is 0 Å². The third-order valence-corrected chi connectivity index (χ3v) is 6.44. The van der Waals surface area contributed by atoms with Gasteiger partial charge in [0.25, 0.3) is 0 Å². The lowest BCUT2D eigenvalue weighted by Crippen LogP contribution is -2.39. The Bertz CT molecular complexity index is 938. The molecule has 1 fully saturated rings. The van der Waals surface area contributed by atoms with Crippen molar-refractivity contribution in [2.45, 2.75) is 25.7 Å². The SMILES string of the molecule is Cc1ccc(NC(=O)CN2CCC[C@H](c3nc4ccccc4s3)C2)c(Cl)c1. The topological polar surface area (TPSA) is 45.2 Å². The van der Waals surface area contributed by atoms with Crippen LogP contribution in [0.25, 0.3) is 10.2 Å². The third-order valence-electron chi connectivity index (χ3n) is 4.93. The van der Waals surface area contributed by atoms with Crippen molar-refractivity contribution in [3.8, 4) is 0 Å². The van der Waals surface area contributed by atoms with Crippen LogP contribution in [0.4, 0.5) is 5.69 Å². The van der Waals surface area contributed by atoms with E-state index in [4.69, 9.17) is 16.6 Å². The van der Waals surface area contributed by atoms with E-state index in [9.17, 15) is 4.79 Å². The van der Waals surface area contributed by atoms with Gasteiger partial charge in [0.15, 0.2) is 0 Å². The van der Waals surface area contributed by atoms with E-state index in [0.29, 0.717) is 23.2 Å². The molecule has 0 radical (unpaired) electrons. The molecule has 27 heavy (non-hydrogen) atoms. The molecule has 0 spiro atoms. The van der Waals surface area contributed by atoms with Gasteiger partial charge in [-0.3, -0.25) is 9.69 Å². The van der Waals surface area contributed by atoms with Crippen LogP contribution in [0.3, 0.4) is 0 Å². The maximum absolute atomic E-state index is 12.5. The average Bonchev–Trinajstić information content (AvgIpc) is 3.08. The largest absolute Gasteiger partial charge is 0.324 e. The number of fused-ring (bicyclic) bond motifs is 1. The summed E-state index contributed by atoms with van der Waals surface area (Å²) in [6, 6.07) is 13.9. The second-order valence-corrected chi connectivity index (χ2v) is 8.59. The molecule has 1 aliphatic heterocycles. The first-order chi connectivity index (χ1) is 13.1. The zero-order chi connectivity index (χ0) is 18.8. The van der Waals surface area contributed by atoms with Gasteiger partial charge in [-0.15, -0.1) is 11.3 Å². The summed E-state index contributed by atoms with van der Waals surface area (Å²) in [5.41, 5.74) is 2.82. The number of nitrogens with one attached hydrogen (secondary N) is 1. The average molecular weight is 400 g/mol. The molecule has 6 heteroatoms. The highest BCUT2D eigenvalue weighted by atomic mass is 35.5. The van der Waals surface area contributed by atoms with E-state index in [1.54, 1.807) is 11.3 Å². The molecule has 1 aliphatic rings. The minimum atomic E-state index is -0.0225. The van der Waals surface area contributed by atoms with Gasteiger partial charge in [-0.1, -0.05) is 29.8 Å². The molecule has 0 saturated carbocycles. The van der Waals surface area contributed by atoms with Crippen LogP contribution in [0.15, 0.2) is 42.5 Å². The fourth-order valence-corrected chi connectivity index (χ4v) is 4.96. The predicted octanol–water partition coefficient (Wildman–Crippen LogP) is 5.08. The van der Waals surface area contributed by atoms with Crippen molar-refractivity contribution in [2.24, 2.45) is 0 Å². The van der Waals surface area contributed by atoms with Gasteiger partial charge < -0.3 is 5.32 Å². The summed E-state index contributed by atoms with van der Waals surface area (Å²) >= 11 is 8.00. The van der Waals surface area contributed by atoms with Crippen LogP contribution in [0.5, 0.6) is 0 Å². The Morgan fingerprint density at radius 3 is 3.00 bits per heavy atom. The summed E-state index contributed by atoms with van der Waals surface area (Å²) in [6.45, 7) is 4.17. The molecular weight excluding hydrogens is 378 g/mol. The molecule has 4 nitrogen and oxygen atoms in total. The molecule has 140 valence electrons. The molecular formula is C21H22ClN3OS. The van der Waals surface area contributed by atoms with Gasteiger partial charge >= 0.3 is 0 Å². The number of aromatic nitrogens is 1. The maximum Gasteiger partial charge on any atom is 0.238 e. The van der Waals surface area contributed by atoms with Crippen LogP contribution in [-0.2, 0) is 4.79 Å². The number of nitrogens with zero attached hydrogens (tertiary/aromatic N) is 2. The highest BCUT2D eigenvalue weighted by Gasteiger charge is 2.25. The van der Waals surface area contributed by atoms with Crippen molar-refractivity contribution in [3.05, 3.63) is 58.1 Å². The number of anilines is 1. The number of hydrogen-bond acceptors (Lipinski definition) is 4. The quantitative estimate of drug-likeness (QED) is 0.665. The second-order valence-electron chi connectivity index (χ2n) is 7.13. The van der Waals surface area contributed by atoms with Crippen molar-refractivity contribution < 1.29 is 4.79 Å². The van der Waals surface area contributed by atoms with Gasteiger partial charge in [0.2, 0.25) is 5.91 Å². The number of aryl methyl sites for hydroxylation is 1. The van der Waals surface area contributed by atoms with Crippen molar-refractivity contribution in [1.29, 1.82) is 0 Å². The number of thiazole rings is 1. The Hall–Kier alpha value is -1.95. The monoisotopic (exact) mass is 399 g/mol. The molecule has 2 aromatic carbocycles. The summed E-state index contributed by atoms with van der Waals surface area (Å²) in [5.74, 6) is 0.373. The van der Waals surface area contributed by atoms with Crippen molar-refractivity contribution >= 4 is 44.7 Å². The first-order valence-electron chi connectivity index (χ1n) is 9.22.